The number of nitrogens with zero attached hydrogens (tertiary/aromatic N) is 2. The highest BCUT2D eigenvalue weighted by atomic mass is 16.2. The van der Waals surface area contributed by atoms with Crippen LogP contribution in [0.2, 0.25) is 0 Å². The number of hydrogen-bond acceptors (Lipinski definition) is 2. The molecule has 0 bridgehead atoms. The van der Waals surface area contributed by atoms with Gasteiger partial charge < -0.3 is 4.90 Å². The summed E-state index contributed by atoms with van der Waals surface area (Å²) in [4.78, 5) is 14.6. The molecule has 2 aliphatic rings. The molecule has 0 atom stereocenters. The summed E-state index contributed by atoms with van der Waals surface area (Å²) in [5, 5.41) is 9.12. The molecule has 0 N–H and O–H groups in total. The largest absolute Gasteiger partial charge is 0.342 e. The van der Waals surface area contributed by atoms with Crippen LogP contribution >= 0.6 is 0 Å². The first-order chi connectivity index (χ1) is 8.49. The van der Waals surface area contributed by atoms with Crippen molar-refractivity contribution < 1.29 is 4.79 Å². The van der Waals surface area contributed by atoms with Crippen LogP contribution in [-0.2, 0) is 4.79 Å². The molecule has 1 amide bonds. The third kappa shape index (κ3) is 2.53. The minimum Gasteiger partial charge on any atom is -0.342 e. The van der Waals surface area contributed by atoms with E-state index in [-0.39, 0.29) is 10.8 Å². The Hall–Kier alpha value is -1.04. The van der Waals surface area contributed by atoms with Crippen molar-refractivity contribution in [1.29, 1.82) is 5.26 Å². The standard InChI is InChI=1S/C15H24N2O/c1-14(12-16)8-10-17(11-9-14)13(18)15(2)6-4-3-5-7-15/h3-11H2,1-2H3. The molecule has 1 aliphatic carbocycles. The van der Waals surface area contributed by atoms with Crippen molar-refractivity contribution in [1.82, 2.24) is 4.90 Å². The number of likely N-dealkylation sites (tertiary alicyclic amines) is 1. The van der Waals surface area contributed by atoms with Crippen molar-refractivity contribution in [3.8, 4) is 6.07 Å². The number of carbonyl (C=O) groups excluding carboxylic acids is 1. The second kappa shape index (κ2) is 4.91. The fourth-order valence-electron chi connectivity index (χ4n) is 3.24. The molecule has 100 valence electrons. The van der Waals surface area contributed by atoms with Crippen molar-refractivity contribution >= 4 is 5.91 Å². The maximum atomic E-state index is 12.6. The van der Waals surface area contributed by atoms with Crippen molar-refractivity contribution in [3.05, 3.63) is 0 Å². The number of rotatable bonds is 1. The van der Waals surface area contributed by atoms with E-state index in [1.165, 1.54) is 19.3 Å². The van der Waals surface area contributed by atoms with E-state index < -0.39 is 0 Å². The summed E-state index contributed by atoms with van der Waals surface area (Å²) >= 11 is 0. The smallest absolute Gasteiger partial charge is 0.228 e. The van der Waals surface area contributed by atoms with Gasteiger partial charge in [0.1, 0.15) is 0 Å². The monoisotopic (exact) mass is 248 g/mol. The molecule has 2 rings (SSSR count). The second-order valence-corrected chi connectivity index (χ2v) is 6.59. The van der Waals surface area contributed by atoms with Crippen LogP contribution in [0.1, 0.15) is 58.8 Å². The zero-order valence-electron chi connectivity index (χ0n) is 11.7. The molecule has 0 unspecified atom stereocenters. The van der Waals surface area contributed by atoms with E-state index in [2.05, 4.69) is 13.0 Å². The van der Waals surface area contributed by atoms with E-state index in [1.54, 1.807) is 0 Å². The first-order valence-electron chi connectivity index (χ1n) is 7.20. The van der Waals surface area contributed by atoms with E-state index in [1.807, 2.05) is 11.8 Å². The lowest BCUT2D eigenvalue weighted by molar-refractivity contribution is -0.145. The Morgan fingerprint density at radius 2 is 1.61 bits per heavy atom. The molecule has 1 heterocycles. The van der Waals surface area contributed by atoms with Crippen LogP contribution in [0.4, 0.5) is 0 Å². The van der Waals surface area contributed by atoms with Crippen LogP contribution in [0.15, 0.2) is 0 Å². The normalized spacial score (nSPS) is 26.4. The van der Waals surface area contributed by atoms with Gasteiger partial charge >= 0.3 is 0 Å². The van der Waals surface area contributed by atoms with E-state index in [0.717, 1.165) is 38.8 Å². The van der Waals surface area contributed by atoms with Gasteiger partial charge in [0.25, 0.3) is 0 Å². The Morgan fingerprint density at radius 3 is 2.11 bits per heavy atom. The molecule has 1 saturated carbocycles. The molecule has 0 aromatic carbocycles. The van der Waals surface area contributed by atoms with Gasteiger partial charge in [-0.3, -0.25) is 4.79 Å². The van der Waals surface area contributed by atoms with Gasteiger partial charge in [-0.05, 0) is 32.6 Å². The SMILES string of the molecule is CC1(C#N)CCN(C(=O)C2(C)CCCCC2)CC1. The molecule has 1 aliphatic heterocycles. The Bertz CT molecular complexity index is 355. The van der Waals surface area contributed by atoms with Crippen LogP contribution in [0, 0.1) is 22.2 Å². The van der Waals surface area contributed by atoms with E-state index >= 15 is 0 Å². The second-order valence-electron chi connectivity index (χ2n) is 6.59. The Morgan fingerprint density at radius 1 is 1.06 bits per heavy atom. The molecule has 3 nitrogen and oxygen atoms in total. The Labute approximate surface area is 110 Å². The molecule has 3 heteroatoms. The molecular formula is C15H24N2O. The zero-order valence-corrected chi connectivity index (χ0v) is 11.7. The fourth-order valence-corrected chi connectivity index (χ4v) is 3.24. The highest BCUT2D eigenvalue weighted by molar-refractivity contribution is 5.82. The predicted molar refractivity (Wildman–Crippen MR) is 70.7 cm³/mol. The van der Waals surface area contributed by atoms with Crippen molar-refractivity contribution in [2.24, 2.45) is 10.8 Å². The molecule has 0 aromatic heterocycles. The number of carbonyl (C=O) groups is 1. The van der Waals surface area contributed by atoms with Gasteiger partial charge in [-0.15, -0.1) is 0 Å². The Balaban J connectivity index is 1.97. The summed E-state index contributed by atoms with van der Waals surface area (Å²) in [5.41, 5.74) is -0.344. The minimum atomic E-state index is -0.218. The summed E-state index contributed by atoms with van der Waals surface area (Å²) < 4.78 is 0. The molecule has 2 fully saturated rings. The van der Waals surface area contributed by atoms with Crippen LogP contribution in [0.5, 0.6) is 0 Å². The van der Waals surface area contributed by atoms with Crippen LogP contribution in [-0.4, -0.2) is 23.9 Å². The number of nitriles is 1. The molecular weight excluding hydrogens is 224 g/mol. The number of piperidine rings is 1. The van der Waals surface area contributed by atoms with Gasteiger partial charge in [0.2, 0.25) is 5.91 Å². The van der Waals surface area contributed by atoms with E-state index in [4.69, 9.17) is 5.26 Å². The molecule has 1 saturated heterocycles. The van der Waals surface area contributed by atoms with Gasteiger partial charge in [0, 0.05) is 18.5 Å². The first kappa shape index (κ1) is 13.4. The zero-order chi connectivity index (χ0) is 13.2. The van der Waals surface area contributed by atoms with Crippen LogP contribution in [0.3, 0.4) is 0 Å². The van der Waals surface area contributed by atoms with Crippen molar-refractivity contribution in [3.63, 3.8) is 0 Å². The van der Waals surface area contributed by atoms with Crippen LogP contribution in [0.25, 0.3) is 0 Å². The average Bonchev–Trinajstić information content (AvgIpc) is 2.40. The highest BCUT2D eigenvalue weighted by Crippen LogP contribution is 2.39. The third-order valence-electron chi connectivity index (χ3n) is 4.90. The average molecular weight is 248 g/mol. The third-order valence-corrected chi connectivity index (χ3v) is 4.90. The van der Waals surface area contributed by atoms with Crippen molar-refractivity contribution in [2.75, 3.05) is 13.1 Å². The first-order valence-corrected chi connectivity index (χ1v) is 7.20. The quantitative estimate of drug-likeness (QED) is 0.715. The summed E-state index contributed by atoms with van der Waals surface area (Å²) in [6, 6.07) is 2.39. The lowest BCUT2D eigenvalue weighted by Crippen LogP contribution is -2.48. The molecule has 0 radical (unpaired) electrons. The van der Waals surface area contributed by atoms with Crippen LogP contribution < -0.4 is 0 Å². The van der Waals surface area contributed by atoms with Gasteiger partial charge in [-0.2, -0.15) is 5.26 Å². The summed E-state index contributed by atoms with van der Waals surface area (Å²) in [5.74, 6) is 0.335. The lowest BCUT2D eigenvalue weighted by Gasteiger charge is -2.41. The van der Waals surface area contributed by atoms with Gasteiger partial charge in [0.05, 0.1) is 11.5 Å². The van der Waals surface area contributed by atoms with Gasteiger partial charge in [0.15, 0.2) is 0 Å². The lowest BCUT2D eigenvalue weighted by atomic mass is 9.73. The molecule has 0 aromatic rings. The maximum Gasteiger partial charge on any atom is 0.228 e. The number of hydrogen-bond donors (Lipinski definition) is 0. The van der Waals surface area contributed by atoms with Gasteiger partial charge in [-0.25, -0.2) is 0 Å². The summed E-state index contributed by atoms with van der Waals surface area (Å²) in [7, 11) is 0. The maximum absolute atomic E-state index is 12.6. The minimum absolute atomic E-state index is 0.126. The van der Waals surface area contributed by atoms with E-state index in [9.17, 15) is 4.79 Å². The fraction of sp³-hybridized carbons (Fsp3) is 0.867. The topological polar surface area (TPSA) is 44.1 Å². The Kier molecular flexibility index (Phi) is 3.66. The van der Waals surface area contributed by atoms with Gasteiger partial charge in [-0.1, -0.05) is 26.2 Å². The summed E-state index contributed by atoms with van der Waals surface area (Å²) in [6.07, 6.45) is 7.37. The van der Waals surface area contributed by atoms with E-state index in [0.29, 0.717) is 5.91 Å². The highest BCUT2D eigenvalue weighted by Gasteiger charge is 2.40. The predicted octanol–water partition coefficient (Wildman–Crippen LogP) is 3.11. The van der Waals surface area contributed by atoms with Crippen molar-refractivity contribution in [2.45, 2.75) is 58.8 Å². The number of amides is 1. The molecule has 18 heavy (non-hydrogen) atoms. The molecule has 0 spiro atoms. The summed E-state index contributed by atoms with van der Waals surface area (Å²) in [6.45, 7) is 5.67.